The second-order valence-electron chi connectivity index (χ2n) is 2.87. The van der Waals surface area contributed by atoms with Gasteiger partial charge in [0.05, 0.1) is 12.0 Å². The molecule has 2 unspecified atom stereocenters. The number of carbonyl (C=O) groups is 1. The van der Waals surface area contributed by atoms with Gasteiger partial charge in [0.2, 0.25) is 0 Å². The fraction of sp³-hybridized carbons (Fsp3) is 0.889. The van der Waals surface area contributed by atoms with Gasteiger partial charge in [0.25, 0.3) is 0 Å². The molecular formula is C9H17KO3S. The molecule has 0 saturated heterocycles. The molecule has 1 saturated carbocycles. The first-order valence-corrected chi connectivity index (χ1v) is 5.32. The monoisotopic (exact) mass is 244 g/mol. The van der Waals surface area contributed by atoms with Gasteiger partial charge in [-0.25, -0.2) is 0 Å². The Hall–Kier alpha value is 1.42. The summed E-state index contributed by atoms with van der Waals surface area (Å²) in [5.74, 6) is -0.962. The Bertz CT molecular complexity index is 155. The molecule has 1 N–H and O–H groups in total. The van der Waals surface area contributed by atoms with E-state index in [0.29, 0.717) is 6.61 Å². The Labute approximate surface area is 134 Å². The van der Waals surface area contributed by atoms with Gasteiger partial charge >= 0.3 is 57.4 Å². The number of ether oxygens (including phenoxy) is 1. The number of hydrogen-bond donors (Lipinski definition) is 1. The summed E-state index contributed by atoms with van der Waals surface area (Å²) < 4.78 is 5.30. The van der Waals surface area contributed by atoms with E-state index in [-0.39, 0.29) is 63.4 Å². The maximum absolute atomic E-state index is 10.6. The minimum atomic E-state index is -0.707. The van der Waals surface area contributed by atoms with Crippen molar-refractivity contribution in [3.05, 3.63) is 0 Å². The van der Waals surface area contributed by atoms with Crippen LogP contribution in [0.1, 0.15) is 26.2 Å². The van der Waals surface area contributed by atoms with Crippen molar-refractivity contribution in [3.8, 4) is 0 Å². The molecule has 3 nitrogen and oxygen atoms in total. The molecule has 0 aromatic rings. The second-order valence-corrected chi connectivity index (χ2v) is 2.87. The summed E-state index contributed by atoms with van der Waals surface area (Å²) in [7, 11) is 0. The zero-order valence-electron chi connectivity index (χ0n) is 9.16. The summed E-state index contributed by atoms with van der Waals surface area (Å²) in [6.07, 6.45) is 4.23. The molecule has 14 heavy (non-hydrogen) atoms. The zero-order chi connectivity index (χ0) is 10.3. The van der Waals surface area contributed by atoms with Crippen LogP contribution in [0.25, 0.3) is 0 Å². The van der Waals surface area contributed by atoms with Crippen LogP contribution in [0.2, 0.25) is 0 Å². The minimum Gasteiger partial charge on any atom is -0.796 e. The Kier molecular flexibility index (Phi) is 13.9. The smallest absolute Gasteiger partial charge is 0.796 e. The van der Waals surface area contributed by atoms with Crippen LogP contribution >= 0.6 is 0 Å². The Morgan fingerprint density at radius 2 is 2.07 bits per heavy atom. The molecule has 5 heteroatoms. The second kappa shape index (κ2) is 10.9. The van der Waals surface area contributed by atoms with Crippen LogP contribution in [-0.2, 0) is 22.2 Å². The first-order chi connectivity index (χ1) is 6.25. The minimum absolute atomic E-state index is 0. The molecule has 2 atom stereocenters. The van der Waals surface area contributed by atoms with Crippen molar-refractivity contribution < 1.29 is 66.0 Å². The third-order valence-electron chi connectivity index (χ3n) is 2.15. The molecule has 78 valence electrons. The molecule has 1 aliphatic carbocycles. The van der Waals surface area contributed by atoms with Crippen LogP contribution in [0.5, 0.6) is 0 Å². The van der Waals surface area contributed by atoms with E-state index >= 15 is 0 Å². The van der Waals surface area contributed by atoms with Crippen LogP contribution in [0.4, 0.5) is 0 Å². The van der Waals surface area contributed by atoms with Crippen molar-refractivity contribution in [3.63, 3.8) is 0 Å². The van der Waals surface area contributed by atoms with Crippen molar-refractivity contribution in [2.45, 2.75) is 32.3 Å². The summed E-state index contributed by atoms with van der Waals surface area (Å²) in [4.78, 5) is 10.6. The summed E-state index contributed by atoms with van der Waals surface area (Å²) in [6, 6.07) is 0. The van der Waals surface area contributed by atoms with E-state index in [0.717, 1.165) is 19.3 Å². The van der Waals surface area contributed by atoms with Crippen LogP contribution in [0, 0.1) is 5.92 Å². The standard InChI is InChI=1S/C8H14O3.CH4S.K/c1-2-11-7-5-3-4-6(7)8(9)10;1-2;/h6-7H,2-5H2,1H3,(H,9,10);2H,1H3;/q;;+1/p-1. The number of hydrogen-bond acceptors (Lipinski definition) is 3. The van der Waals surface area contributed by atoms with Crippen molar-refractivity contribution in [2.24, 2.45) is 5.92 Å². The topological polar surface area (TPSA) is 46.5 Å². The van der Waals surface area contributed by atoms with Crippen molar-refractivity contribution in [1.82, 2.24) is 0 Å². The fourth-order valence-electron chi connectivity index (χ4n) is 1.62. The number of carboxylic acid groups (broad SMARTS) is 1. The summed E-state index contributed by atoms with van der Waals surface area (Å²) in [5, 5.41) is 8.73. The van der Waals surface area contributed by atoms with Crippen molar-refractivity contribution in [1.29, 1.82) is 0 Å². The van der Waals surface area contributed by atoms with E-state index in [1.54, 1.807) is 6.26 Å². The molecule has 0 aromatic carbocycles. The summed E-state index contributed by atoms with van der Waals surface area (Å²) in [6.45, 7) is 2.52. The van der Waals surface area contributed by atoms with Gasteiger partial charge in [-0.05, 0) is 26.2 Å². The molecule has 0 amide bonds. The van der Waals surface area contributed by atoms with Crippen LogP contribution in [0.15, 0.2) is 0 Å². The third kappa shape index (κ3) is 6.10. The summed E-state index contributed by atoms with van der Waals surface area (Å²) in [5.41, 5.74) is 0. The van der Waals surface area contributed by atoms with Crippen LogP contribution < -0.4 is 51.4 Å². The molecule has 0 bridgehead atoms. The zero-order valence-corrected chi connectivity index (χ0v) is 13.1. The molecule has 1 fully saturated rings. The van der Waals surface area contributed by atoms with Crippen LogP contribution in [-0.4, -0.2) is 30.0 Å². The Morgan fingerprint density at radius 3 is 2.50 bits per heavy atom. The number of rotatable bonds is 3. The predicted octanol–water partition coefficient (Wildman–Crippen LogP) is -1.56. The van der Waals surface area contributed by atoms with Gasteiger partial charge < -0.3 is 22.5 Å². The van der Waals surface area contributed by atoms with Gasteiger partial charge in [0.1, 0.15) is 0 Å². The van der Waals surface area contributed by atoms with Gasteiger partial charge in [-0.3, -0.25) is 4.79 Å². The molecular weight excluding hydrogens is 227 g/mol. The van der Waals surface area contributed by atoms with Crippen molar-refractivity contribution >= 4 is 18.6 Å². The van der Waals surface area contributed by atoms with E-state index in [1.807, 2.05) is 6.92 Å². The van der Waals surface area contributed by atoms with Gasteiger partial charge in [-0.1, -0.05) is 0 Å². The number of carboxylic acids is 1. The molecule has 1 aliphatic rings. The van der Waals surface area contributed by atoms with Crippen molar-refractivity contribution in [2.75, 3.05) is 12.9 Å². The largest absolute Gasteiger partial charge is 1.00 e. The Balaban J connectivity index is 0. The third-order valence-corrected chi connectivity index (χ3v) is 2.15. The van der Waals surface area contributed by atoms with Gasteiger partial charge in [-0.2, -0.15) is 6.26 Å². The molecule has 0 aromatic heterocycles. The van der Waals surface area contributed by atoms with E-state index in [9.17, 15) is 4.79 Å². The van der Waals surface area contributed by atoms with E-state index in [1.165, 1.54) is 0 Å². The predicted molar refractivity (Wildman–Crippen MR) is 53.7 cm³/mol. The van der Waals surface area contributed by atoms with Gasteiger partial charge in [0.15, 0.2) is 0 Å². The average Bonchev–Trinajstić information content (AvgIpc) is 2.57. The maximum Gasteiger partial charge on any atom is 1.00 e. The average molecular weight is 244 g/mol. The molecule has 0 aliphatic heterocycles. The molecule has 0 spiro atoms. The normalized spacial score (nSPS) is 24.5. The maximum atomic E-state index is 10.6. The molecule has 1 rings (SSSR count). The first-order valence-electron chi connectivity index (χ1n) is 4.51. The molecule has 0 heterocycles. The van der Waals surface area contributed by atoms with Gasteiger partial charge in [0, 0.05) is 6.61 Å². The van der Waals surface area contributed by atoms with Crippen LogP contribution in [0.3, 0.4) is 0 Å². The quantitative estimate of drug-likeness (QED) is 0.482. The fourth-order valence-corrected chi connectivity index (χ4v) is 1.62. The summed E-state index contributed by atoms with van der Waals surface area (Å²) >= 11 is 4.08. The SMILES string of the molecule is CCOC1CCCC1C(=O)O.C[S-].[K+]. The first kappa shape index (κ1) is 17.8. The Morgan fingerprint density at radius 1 is 1.50 bits per heavy atom. The van der Waals surface area contributed by atoms with Gasteiger partial charge in [-0.15, -0.1) is 0 Å². The van der Waals surface area contributed by atoms with E-state index in [4.69, 9.17) is 9.84 Å². The van der Waals surface area contributed by atoms with E-state index < -0.39 is 5.97 Å². The van der Waals surface area contributed by atoms with E-state index in [2.05, 4.69) is 12.6 Å². The number of aliphatic carboxylic acids is 1. The molecule has 0 radical (unpaired) electrons.